The van der Waals surface area contributed by atoms with Crippen LogP contribution in [-0.2, 0) is 4.84 Å². The third kappa shape index (κ3) is 4.31. The summed E-state index contributed by atoms with van der Waals surface area (Å²) in [6.07, 6.45) is 2.17. The molecule has 2 aromatic rings. The van der Waals surface area contributed by atoms with Crippen molar-refractivity contribution >= 4 is 17.3 Å². The zero-order valence-corrected chi connectivity index (χ0v) is 13.5. The van der Waals surface area contributed by atoms with Crippen LogP contribution in [0.25, 0.3) is 0 Å². The van der Waals surface area contributed by atoms with Gasteiger partial charge >= 0.3 is 0 Å². The van der Waals surface area contributed by atoms with Gasteiger partial charge in [0.2, 0.25) is 5.82 Å². The Balaban J connectivity index is 1.72. The van der Waals surface area contributed by atoms with E-state index >= 15 is 0 Å². The second kappa shape index (κ2) is 8.17. The number of benzene rings is 1. The number of amidine groups is 1. The molecule has 0 unspecified atom stereocenters. The van der Waals surface area contributed by atoms with Crippen LogP contribution in [0.1, 0.15) is 31.4 Å². The molecule has 1 fully saturated rings. The molecule has 26 heavy (non-hydrogen) atoms. The molecule has 0 amide bonds. The van der Waals surface area contributed by atoms with Gasteiger partial charge in [-0.1, -0.05) is 0 Å². The zero-order valence-electron chi connectivity index (χ0n) is 13.5. The topological polar surface area (TPSA) is 125 Å². The molecule has 0 spiro atoms. The van der Waals surface area contributed by atoms with E-state index in [9.17, 15) is 19.1 Å². The maximum absolute atomic E-state index is 13.3. The lowest BCUT2D eigenvalue weighted by molar-refractivity contribution is 0.0223. The lowest BCUT2D eigenvalue weighted by Crippen LogP contribution is -2.27. The molecule has 1 aromatic heterocycles. The van der Waals surface area contributed by atoms with Crippen molar-refractivity contribution in [1.29, 1.82) is 0 Å². The van der Waals surface area contributed by atoms with E-state index in [1.54, 1.807) is 0 Å². The quantitative estimate of drug-likeness (QED) is 0.359. The first-order chi connectivity index (χ1) is 12.6. The van der Waals surface area contributed by atoms with Crippen LogP contribution in [0, 0.1) is 11.6 Å². The third-order valence-electron chi connectivity index (χ3n) is 3.93. The standard InChI is InChI=1S/C15H17F2N5O4/c16-11-6-1-8(7-12(11)17)18-14(19-24)13-15(22-26-20-13)21-25-10-4-2-9(23)3-5-10/h1,6-7,9-10,23-24H,2-5H2,(H,18,19)(H,21,22). The highest BCUT2D eigenvalue weighted by atomic mass is 19.2. The monoisotopic (exact) mass is 369 g/mol. The number of hydroxylamine groups is 1. The second-order valence-electron chi connectivity index (χ2n) is 5.78. The van der Waals surface area contributed by atoms with Gasteiger partial charge in [-0.25, -0.2) is 23.9 Å². The Bertz CT molecular complexity index is 777. The van der Waals surface area contributed by atoms with Crippen LogP contribution in [-0.4, -0.2) is 38.7 Å². The van der Waals surface area contributed by atoms with E-state index in [0.717, 1.165) is 12.1 Å². The molecule has 11 heteroatoms. The second-order valence-corrected chi connectivity index (χ2v) is 5.78. The molecular weight excluding hydrogens is 352 g/mol. The molecule has 0 bridgehead atoms. The van der Waals surface area contributed by atoms with Crippen molar-refractivity contribution in [2.45, 2.75) is 37.9 Å². The van der Waals surface area contributed by atoms with E-state index in [1.165, 1.54) is 6.07 Å². The zero-order chi connectivity index (χ0) is 18.5. The van der Waals surface area contributed by atoms with Gasteiger partial charge in [0, 0.05) is 6.07 Å². The number of nitrogens with zero attached hydrogens (tertiary/aromatic N) is 3. The molecular formula is C15H17F2N5O4. The summed E-state index contributed by atoms with van der Waals surface area (Å²) in [6.45, 7) is 0. The molecule has 9 nitrogen and oxygen atoms in total. The molecule has 1 heterocycles. The summed E-state index contributed by atoms with van der Waals surface area (Å²) < 4.78 is 30.9. The van der Waals surface area contributed by atoms with E-state index in [-0.39, 0.29) is 35.2 Å². The summed E-state index contributed by atoms with van der Waals surface area (Å²) in [4.78, 5) is 9.44. The fourth-order valence-electron chi connectivity index (χ4n) is 2.53. The highest BCUT2D eigenvalue weighted by molar-refractivity contribution is 6.01. The Hall–Kier alpha value is -2.63. The van der Waals surface area contributed by atoms with Crippen molar-refractivity contribution in [1.82, 2.24) is 15.8 Å². The van der Waals surface area contributed by atoms with Gasteiger partial charge in [0.15, 0.2) is 23.2 Å². The predicted octanol–water partition coefficient (Wildman–Crippen LogP) is 2.05. The number of hydrogen-bond acceptors (Lipinski definition) is 8. The molecule has 1 aromatic carbocycles. The minimum Gasteiger partial charge on any atom is -0.393 e. The summed E-state index contributed by atoms with van der Waals surface area (Å²) in [7, 11) is 0. The predicted molar refractivity (Wildman–Crippen MR) is 84.7 cm³/mol. The van der Waals surface area contributed by atoms with E-state index in [4.69, 9.17) is 4.84 Å². The largest absolute Gasteiger partial charge is 0.393 e. The molecule has 1 saturated carbocycles. The highest BCUT2D eigenvalue weighted by Gasteiger charge is 2.22. The number of aliphatic imine (C=N–C) groups is 1. The van der Waals surface area contributed by atoms with Crippen molar-refractivity contribution in [3.05, 3.63) is 35.5 Å². The Morgan fingerprint density at radius 1 is 1.19 bits per heavy atom. The van der Waals surface area contributed by atoms with Crippen molar-refractivity contribution in [2.75, 3.05) is 5.48 Å². The number of aromatic nitrogens is 2. The number of hydrogen-bond donors (Lipinski definition) is 4. The van der Waals surface area contributed by atoms with Crippen LogP contribution in [0.4, 0.5) is 20.3 Å². The molecule has 4 N–H and O–H groups in total. The first kappa shape index (κ1) is 18.2. The Morgan fingerprint density at radius 2 is 1.96 bits per heavy atom. The number of nitrogens with one attached hydrogen (secondary N) is 2. The fraction of sp³-hybridized carbons (Fsp3) is 0.400. The minimum atomic E-state index is -1.08. The van der Waals surface area contributed by atoms with Crippen LogP contribution in [0.2, 0.25) is 0 Å². The van der Waals surface area contributed by atoms with Crippen LogP contribution in [0.5, 0.6) is 0 Å². The molecule has 140 valence electrons. The van der Waals surface area contributed by atoms with Gasteiger partial charge in [-0.15, -0.1) is 0 Å². The molecule has 1 aliphatic rings. The third-order valence-corrected chi connectivity index (χ3v) is 3.93. The van der Waals surface area contributed by atoms with Gasteiger partial charge in [0.05, 0.1) is 17.9 Å². The van der Waals surface area contributed by atoms with Crippen LogP contribution >= 0.6 is 0 Å². The Morgan fingerprint density at radius 3 is 2.65 bits per heavy atom. The van der Waals surface area contributed by atoms with Crippen molar-refractivity contribution in [3.8, 4) is 0 Å². The maximum atomic E-state index is 13.3. The van der Waals surface area contributed by atoms with Crippen molar-refractivity contribution in [3.63, 3.8) is 0 Å². The summed E-state index contributed by atoms with van der Waals surface area (Å²) in [5.41, 5.74) is 4.42. The van der Waals surface area contributed by atoms with Crippen LogP contribution < -0.4 is 11.0 Å². The lowest BCUT2D eigenvalue weighted by atomic mass is 9.95. The van der Waals surface area contributed by atoms with Crippen molar-refractivity contribution < 1.29 is 28.6 Å². The first-order valence-electron chi connectivity index (χ1n) is 7.93. The van der Waals surface area contributed by atoms with E-state index in [1.807, 2.05) is 5.48 Å². The van der Waals surface area contributed by atoms with E-state index < -0.39 is 11.6 Å². The molecule has 0 radical (unpaired) electrons. The summed E-state index contributed by atoms with van der Waals surface area (Å²) in [5, 5.41) is 26.0. The number of rotatable bonds is 5. The van der Waals surface area contributed by atoms with Gasteiger partial charge < -0.3 is 5.11 Å². The lowest BCUT2D eigenvalue weighted by Gasteiger charge is -2.24. The SMILES string of the molecule is ONC(=Nc1ccc(F)c(F)c1)c1nonc1NOC1CCC(O)CC1. The molecule has 1 aliphatic carbocycles. The van der Waals surface area contributed by atoms with Crippen molar-refractivity contribution in [2.24, 2.45) is 4.99 Å². The summed E-state index contributed by atoms with van der Waals surface area (Å²) in [6, 6.07) is 2.99. The summed E-state index contributed by atoms with van der Waals surface area (Å²) >= 11 is 0. The molecule has 0 aliphatic heterocycles. The van der Waals surface area contributed by atoms with E-state index in [2.05, 4.69) is 25.4 Å². The van der Waals surface area contributed by atoms with Crippen LogP contribution in [0.3, 0.4) is 0 Å². The number of anilines is 1. The number of aliphatic hydroxyl groups excluding tert-OH is 1. The minimum absolute atomic E-state index is 0.0203. The van der Waals surface area contributed by atoms with Gasteiger partial charge in [0.1, 0.15) is 0 Å². The van der Waals surface area contributed by atoms with Gasteiger partial charge in [-0.2, -0.15) is 0 Å². The fourth-order valence-corrected chi connectivity index (χ4v) is 2.53. The first-order valence-corrected chi connectivity index (χ1v) is 7.93. The normalized spacial score (nSPS) is 20.8. The van der Waals surface area contributed by atoms with Gasteiger partial charge in [0.25, 0.3) is 0 Å². The Kier molecular flexibility index (Phi) is 5.71. The average molecular weight is 369 g/mol. The molecule has 0 atom stereocenters. The van der Waals surface area contributed by atoms with Crippen LogP contribution in [0.15, 0.2) is 27.8 Å². The molecule has 0 saturated heterocycles. The van der Waals surface area contributed by atoms with E-state index in [0.29, 0.717) is 25.7 Å². The molecule has 3 rings (SSSR count). The smallest absolute Gasteiger partial charge is 0.225 e. The highest BCUT2D eigenvalue weighted by Crippen LogP contribution is 2.22. The Labute approximate surface area is 146 Å². The van der Waals surface area contributed by atoms with Gasteiger partial charge in [-0.05, 0) is 48.1 Å². The number of halogens is 2. The summed E-state index contributed by atoms with van der Waals surface area (Å²) in [5.74, 6) is -2.26. The average Bonchev–Trinajstić information content (AvgIpc) is 3.10. The maximum Gasteiger partial charge on any atom is 0.225 e. The van der Waals surface area contributed by atoms with Gasteiger partial charge in [-0.3, -0.25) is 15.5 Å². The number of aliphatic hydroxyl groups is 1.